The van der Waals surface area contributed by atoms with Crippen LogP contribution in [0, 0.1) is 17.8 Å². The van der Waals surface area contributed by atoms with Gasteiger partial charge in [0.1, 0.15) is 18.4 Å². The molecule has 12 nitrogen and oxygen atoms in total. The van der Waals surface area contributed by atoms with Crippen molar-refractivity contribution in [2.45, 2.75) is 90.1 Å². The summed E-state index contributed by atoms with van der Waals surface area (Å²) in [5.41, 5.74) is 0.221. The summed E-state index contributed by atoms with van der Waals surface area (Å²) in [6.45, 7) is 10.5. The largest absolute Gasteiger partial charge is 0.444 e. The molecule has 2 aliphatic rings. The Bertz CT molecular complexity index is 1370. The van der Waals surface area contributed by atoms with Gasteiger partial charge < -0.3 is 35.3 Å². The molecule has 2 unspecified atom stereocenters. The van der Waals surface area contributed by atoms with Gasteiger partial charge in [0.15, 0.2) is 0 Å². The van der Waals surface area contributed by atoms with Crippen LogP contribution in [0.2, 0.25) is 0 Å². The van der Waals surface area contributed by atoms with E-state index in [4.69, 9.17) is 4.74 Å². The number of nitrogens with one attached hydrogen (secondary N) is 3. The van der Waals surface area contributed by atoms with E-state index in [1.54, 1.807) is 37.8 Å². The molecule has 0 spiro atoms. The molecule has 0 aliphatic heterocycles. The van der Waals surface area contributed by atoms with Crippen molar-refractivity contribution in [3.05, 3.63) is 60.7 Å². The molecule has 0 radical (unpaired) electrons. The molecule has 12 heteroatoms. The van der Waals surface area contributed by atoms with Gasteiger partial charge in [-0.2, -0.15) is 0 Å². The van der Waals surface area contributed by atoms with E-state index in [0.29, 0.717) is 57.5 Å². The number of hydrogen-bond donors (Lipinski definition) is 3. The summed E-state index contributed by atoms with van der Waals surface area (Å²) in [5.74, 6) is -1.71. The average Bonchev–Trinajstić information content (AvgIpc) is 3.60. The minimum absolute atomic E-state index is 0.128. The number of carbonyl (C=O) groups is 6. The molecule has 3 atom stereocenters. The normalized spacial score (nSPS) is 17.8. The van der Waals surface area contributed by atoms with Gasteiger partial charge in [-0.05, 0) is 89.2 Å². The summed E-state index contributed by atoms with van der Waals surface area (Å²) in [5, 5.41) is 8.59. The van der Waals surface area contributed by atoms with Crippen LogP contribution in [0.25, 0.3) is 0 Å². The Morgan fingerprint density at radius 2 is 1.65 bits per heavy atom. The van der Waals surface area contributed by atoms with Crippen LogP contribution in [-0.4, -0.2) is 97.2 Å². The fraction of sp³-hybridized carbons (Fsp3) is 0.600. The quantitative estimate of drug-likeness (QED) is 0.0731. The van der Waals surface area contributed by atoms with Gasteiger partial charge in [-0.3, -0.25) is 19.2 Å². The first-order valence-electron chi connectivity index (χ1n) is 18.8. The molecule has 3 rings (SSSR count). The molecular weight excluding hydrogens is 662 g/mol. The van der Waals surface area contributed by atoms with E-state index in [9.17, 15) is 28.8 Å². The number of alkyl carbamates (subject to hydrolysis) is 1. The van der Waals surface area contributed by atoms with Gasteiger partial charge in [0, 0.05) is 38.6 Å². The summed E-state index contributed by atoms with van der Waals surface area (Å²) >= 11 is 0. The Balaban J connectivity index is 1.57. The smallest absolute Gasteiger partial charge is 0.407 e. The number of benzene rings is 1. The molecule has 1 aromatic rings. The zero-order valence-corrected chi connectivity index (χ0v) is 31.3. The Hall–Kier alpha value is -4.48. The number of hydrogen-bond acceptors (Lipinski definition) is 7. The zero-order chi connectivity index (χ0) is 37.9. The second-order valence-corrected chi connectivity index (χ2v) is 14.8. The van der Waals surface area contributed by atoms with Crippen molar-refractivity contribution in [3.8, 4) is 0 Å². The number of aldehydes is 1. The maximum Gasteiger partial charge on any atom is 0.407 e. The van der Waals surface area contributed by atoms with Crippen molar-refractivity contribution in [2.24, 2.45) is 17.8 Å². The first kappa shape index (κ1) is 41.9. The molecule has 2 saturated carbocycles. The molecule has 5 amide bonds. The van der Waals surface area contributed by atoms with Crippen molar-refractivity contribution >= 4 is 36.0 Å². The second-order valence-electron chi connectivity index (χ2n) is 14.8. The summed E-state index contributed by atoms with van der Waals surface area (Å²) in [7, 11) is 0. The molecule has 0 saturated heterocycles. The van der Waals surface area contributed by atoms with Crippen LogP contribution in [-0.2, 0) is 28.7 Å². The van der Waals surface area contributed by atoms with Gasteiger partial charge in [-0.1, -0.05) is 55.3 Å². The fourth-order valence-electron chi connectivity index (χ4n) is 6.60. The van der Waals surface area contributed by atoms with Crippen molar-refractivity contribution < 1.29 is 33.5 Å². The van der Waals surface area contributed by atoms with E-state index in [-0.39, 0.29) is 61.6 Å². The maximum atomic E-state index is 13.7. The third-order valence-corrected chi connectivity index (χ3v) is 9.57. The highest BCUT2D eigenvalue weighted by Crippen LogP contribution is 2.35. The van der Waals surface area contributed by atoms with E-state index in [2.05, 4.69) is 22.5 Å². The van der Waals surface area contributed by atoms with Crippen LogP contribution >= 0.6 is 0 Å². The molecule has 2 aliphatic carbocycles. The first-order chi connectivity index (χ1) is 24.9. The molecule has 0 aromatic heterocycles. The summed E-state index contributed by atoms with van der Waals surface area (Å²) in [6, 6.07) is 9.31. The van der Waals surface area contributed by atoms with Gasteiger partial charge in [0.05, 0.1) is 12.5 Å². The molecule has 52 heavy (non-hydrogen) atoms. The van der Waals surface area contributed by atoms with Gasteiger partial charge in [-0.15, -0.1) is 6.58 Å². The predicted molar refractivity (Wildman–Crippen MR) is 200 cm³/mol. The molecule has 0 bridgehead atoms. The van der Waals surface area contributed by atoms with Gasteiger partial charge >= 0.3 is 6.09 Å². The van der Waals surface area contributed by atoms with E-state index >= 15 is 0 Å². The molecule has 286 valence electrons. The fourth-order valence-corrected chi connectivity index (χ4v) is 6.60. The number of carbonyl (C=O) groups excluding carboxylic acids is 6. The topological polar surface area (TPSA) is 154 Å². The zero-order valence-electron chi connectivity index (χ0n) is 31.3. The monoisotopic (exact) mass is 721 g/mol. The van der Waals surface area contributed by atoms with Crippen LogP contribution in [0.4, 0.5) is 4.79 Å². The standard InChI is InChI=1S/C40H59N5O7/c1-5-6-22-41-38(50)34(31-17-9-7-10-18-31)26-43-37(49)33-21-20-32(33)28-44(24-25-46)36(48)29-45(27-30-15-12-13-16-30)35(47)19-11-8-14-23-42-39(51)52-40(2,3)4/h5,7,9-11,17-19,25,30,32-34H,1,6,8,12-16,20-24,26-29H2,2-4H3,(H,41,50)(H,42,51)(H,43,49)/t32?,33?,34-/m0/s1. The number of rotatable bonds is 21. The lowest BCUT2D eigenvalue weighted by Gasteiger charge is -2.39. The molecule has 0 heterocycles. The average molecular weight is 722 g/mol. The van der Waals surface area contributed by atoms with E-state index in [0.717, 1.165) is 37.7 Å². The minimum atomic E-state index is -0.579. The number of unbranched alkanes of at least 4 members (excludes halogenated alkanes) is 1. The molecule has 1 aromatic carbocycles. The third-order valence-electron chi connectivity index (χ3n) is 9.57. The Morgan fingerprint density at radius 1 is 0.923 bits per heavy atom. The van der Waals surface area contributed by atoms with Crippen LogP contribution < -0.4 is 16.0 Å². The summed E-state index contributed by atoms with van der Waals surface area (Å²) in [6.07, 6.45) is 12.5. The molecular formula is C40H59N5O7. The van der Waals surface area contributed by atoms with Crippen LogP contribution in [0.3, 0.4) is 0 Å². The van der Waals surface area contributed by atoms with Gasteiger partial charge in [-0.25, -0.2) is 4.79 Å². The summed E-state index contributed by atoms with van der Waals surface area (Å²) < 4.78 is 5.24. The maximum absolute atomic E-state index is 13.7. The van der Waals surface area contributed by atoms with E-state index in [1.165, 1.54) is 11.0 Å². The van der Waals surface area contributed by atoms with E-state index in [1.807, 2.05) is 30.3 Å². The van der Waals surface area contributed by atoms with Crippen molar-refractivity contribution in [3.63, 3.8) is 0 Å². The third kappa shape index (κ3) is 14.6. The van der Waals surface area contributed by atoms with Crippen molar-refractivity contribution in [1.82, 2.24) is 25.8 Å². The number of ether oxygens (including phenoxy) is 1. The Labute approximate surface area is 309 Å². The number of amides is 5. The minimum Gasteiger partial charge on any atom is -0.444 e. The first-order valence-corrected chi connectivity index (χ1v) is 18.8. The lowest BCUT2D eigenvalue weighted by Crippen LogP contribution is -2.50. The number of nitrogens with zero attached hydrogens (tertiary/aromatic N) is 2. The van der Waals surface area contributed by atoms with Crippen LogP contribution in [0.1, 0.15) is 90.0 Å². The highest BCUT2D eigenvalue weighted by Gasteiger charge is 2.39. The lowest BCUT2D eigenvalue weighted by atomic mass is 9.72. The lowest BCUT2D eigenvalue weighted by molar-refractivity contribution is -0.141. The number of allylic oxidation sites excluding steroid dienone is 1. The Morgan fingerprint density at radius 3 is 2.29 bits per heavy atom. The van der Waals surface area contributed by atoms with Crippen molar-refractivity contribution in [2.75, 3.05) is 45.8 Å². The second kappa shape index (κ2) is 21.8. The highest BCUT2D eigenvalue weighted by atomic mass is 16.6. The molecule has 2 fully saturated rings. The molecule has 3 N–H and O–H groups in total. The van der Waals surface area contributed by atoms with Crippen LogP contribution in [0.15, 0.2) is 55.1 Å². The van der Waals surface area contributed by atoms with Gasteiger partial charge in [0.2, 0.25) is 23.6 Å². The van der Waals surface area contributed by atoms with Crippen molar-refractivity contribution in [1.29, 1.82) is 0 Å². The SMILES string of the molecule is C=CCCNC(=O)[C@@H](CNC(=O)C1CCC1CN(CC=O)C(=O)CN(CC1CCCC1)C(=O)C=CCCCNC(=O)OC(C)(C)C)c1ccccc1. The Kier molecular flexibility index (Phi) is 17.6. The van der Waals surface area contributed by atoms with E-state index < -0.39 is 17.6 Å². The summed E-state index contributed by atoms with van der Waals surface area (Å²) in [4.78, 5) is 80.0. The highest BCUT2D eigenvalue weighted by molar-refractivity contribution is 5.92. The van der Waals surface area contributed by atoms with Crippen LogP contribution in [0.5, 0.6) is 0 Å². The van der Waals surface area contributed by atoms with Gasteiger partial charge in [0.25, 0.3) is 0 Å². The predicted octanol–water partition coefficient (Wildman–Crippen LogP) is 4.51.